The van der Waals surface area contributed by atoms with Crippen molar-refractivity contribution in [3.05, 3.63) is 42.2 Å². The molecule has 2 radical (unpaired) electrons. The fourth-order valence-corrected chi connectivity index (χ4v) is 3.85. The Morgan fingerprint density at radius 3 is 2.63 bits per heavy atom. The molecule has 27 heavy (non-hydrogen) atoms. The van der Waals surface area contributed by atoms with Gasteiger partial charge < -0.3 is 16.3 Å². The van der Waals surface area contributed by atoms with Crippen molar-refractivity contribution < 1.29 is 0 Å². The zero-order valence-electron chi connectivity index (χ0n) is 15.5. The molecule has 0 unspecified atom stereocenters. The topological polar surface area (TPSA) is 85.5 Å². The summed E-state index contributed by atoms with van der Waals surface area (Å²) in [6.45, 7) is 2.00. The SMILES string of the molecule is [B]N1CCC(CCCc2cn3cc(-c4ccccc4N)nc3nc2N)CC1. The first kappa shape index (κ1) is 17.9. The summed E-state index contributed by atoms with van der Waals surface area (Å²) in [6, 6.07) is 7.72. The average molecular weight is 360 g/mol. The summed E-state index contributed by atoms with van der Waals surface area (Å²) >= 11 is 0. The lowest BCUT2D eigenvalue weighted by Gasteiger charge is -2.29. The van der Waals surface area contributed by atoms with Crippen LogP contribution in [0, 0.1) is 5.92 Å². The molecule has 1 aromatic carbocycles. The third-order valence-corrected chi connectivity index (χ3v) is 5.50. The fourth-order valence-electron chi connectivity index (χ4n) is 3.85. The number of para-hydroxylation sites is 1. The highest BCUT2D eigenvalue weighted by Crippen LogP contribution is 2.26. The predicted molar refractivity (Wildman–Crippen MR) is 110 cm³/mol. The molecule has 138 valence electrons. The van der Waals surface area contributed by atoms with Crippen LogP contribution in [0.4, 0.5) is 11.5 Å². The molecule has 1 aliphatic rings. The minimum atomic E-state index is 0.567. The molecule has 1 fully saturated rings. The number of aromatic nitrogens is 3. The highest BCUT2D eigenvalue weighted by molar-refractivity contribution is 6.04. The van der Waals surface area contributed by atoms with E-state index in [9.17, 15) is 0 Å². The van der Waals surface area contributed by atoms with Crippen molar-refractivity contribution in [2.45, 2.75) is 32.1 Å². The number of aryl methyl sites for hydroxylation is 1. The van der Waals surface area contributed by atoms with E-state index in [1.165, 1.54) is 19.3 Å². The van der Waals surface area contributed by atoms with Gasteiger partial charge in [-0.05, 0) is 50.8 Å². The summed E-state index contributed by atoms with van der Waals surface area (Å²) in [5.74, 6) is 1.94. The van der Waals surface area contributed by atoms with E-state index in [0.29, 0.717) is 17.3 Å². The molecule has 2 aromatic heterocycles. The Morgan fingerprint density at radius 2 is 1.85 bits per heavy atom. The molecule has 4 rings (SSSR count). The van der Waals surface area contributed by atoms with Gasteiger partial charge in [0.15, 0.2) is 7.98 Å². The van der Waals surface area contributed by atoms with E-state index in [1.54, 1.807) is 0 Å². The normalized spacial score (nSPS) is 16.1. The Bertz CT molecular complexity index is 929. The van der Waals surface area contributed by atoms with Gasteiger partial charge in [-0.2, -0.15) is 4.98 Å². The molecule has 4 N–H and O–H groups in total. The van der Waals surface area contributed by atoms with E-state index in [-0.39, 0.29) is 0 Å². The molecule has 0 bridgehead atoms. The molecule has 0 spiro atoms. The summed E-state index contributed by atoms with van der Waals surface area (Å²) in [7, 11) is 5.83. The summed E-state index contributed by atoms with van der Waals surface area (Å²) in [5, 5.41) is 0. The number of anilines is 2. The maximum absolute atomic E-state index is 6.19. The van der Waals surface area contributed by atoms with Gasteiger partial charge in [-0.15, -0.1) is 0 Å². The van der Waals surface area contributed by atoms with Gasteiger partial charge in [-0.1, -0.05) is 24.6 Å². The Balaban J connectivity index is 1.47. The van der Waals surface area contributed by atoms with Gasteiger partial charge in [0.2, 0.25) is 5.78 Å². The molecular weight excluding hydrogens is 335 g/mol. The molecule has 0 amide bonds. The highest BCUT2D eigenvalue weighted by atomic mass is 15.1. The smallest absolute Gasteiger partial charge is 0.236 e. The Morgan fingerprint density at radius 1 is 1.07 bits per heavy atom. The van der Waals surface area contributed by atoms with Crippen LogP contribution < -0.4 is 11.5 Å². The lowest BCUT2D eigenvalue weighted by molar-refractivity contribution is 0.268. The first-order valence-corrected chi connectivity index (χ1v) is 9.59. The van der Waals surface area contributed by atoms with Crippen LogP contribution in [0.2, 0.25) is 0 Å². The molecule has 0 saturated carbocycles. The van der Waals surface area contributed by atoms with Gasteiger partial charge in [0.1, 0.15) is 5.82 Å². The van der Waals surface area contributed by atoms with Gasteiger partial charge in [0.25, 0.3) is 0 Å². The number of hydrogen-bond acceptors (Lipinski definition) is 5. The lowest BCUT2D eigenvalue weighted by atomic mass is 9.90. The van der Waals surface area contributed by atoms with Crippen LogP contribution in [0.15, 0.2) is 36.7 Å². The fraction of sp³-hybridized carbons (Fsp3) is 0.400. The van der Waals surface area contributed by atoms with Gasteiger partial charge in [-0.3, -0.25) is 4.40 Å². The first-order chi connectivity index (χ1) is 13.1. The first-order valence-electron chi connectivity index (χ1n) is 9.59. The van der Waals surface area contributed by atoms with Crippen LogP contribution in [-0.4, -0.2) is 40.3 Å². The second-order valence-corrected chi connectivity index (χ2v) is 7.44. The summed E-state index contributed by atoms with van der Waals surface area (Å²) in [6.07, 6.45) is 9.64. The predicted octanol–water partition coefficient (Wildman–Crippen LogP) is 2.68. The maximum Gasteiger partial charge on any atom is 0.236 e. The van der Waals surface area contributed by atoms with Gasteiger partial charge in [0, 0.05) is 29.2 Å². The minimum absolute atomic E-state index is 0.567. The summed E-state index contributed by atoms with van der Waals surface area (Å²) in [4.78, 5) is 11.0. The number of fused-ring (bicyclic) bond motifs is 1. The molecule has 1 saturated heterocycles. The molecular formula is C20H25BN6. The molecule has 1 aliphatic heterocycles. The van der Waals surface area contributed by atoms with Gasteiger partial charge in [0.05, 0.1) is 5.69 Å². The number of nitrogens with zero attached hydrogens (tertiary/aromatic N) is 4. The van der Waals surface area contributed by atoms with E-state index in [0.717, 1.165) is 48.7 Å². The minimum Gasteiger partial charge on any atom is -0.398 e. The quantitative estimate of drug-likeness (QED) is 0.540. The second-order valence-electron chi connectivity index (χ2n) is 7.44. The molecule has 6 nitrogen and oxygen atoms in total. The molecule has 3 heterocycles. The van der Waals surface area contributed by atoms with Gasteiger partial charge >= 0.3 is 0 Å². The van der Waals surface area contributed by atoms with Gasteiger partial charge in [-0.25, -0.2) is 4.98 Å². The van der Waals surface area contributed by atoms with Crippen molar-refractivity contribution in [3.63, 3.8) is 0 Å². The highest BCUT2D eigenvalue weighted by Gasteiger charge is 2.16. The van der Waals surface area contributed by atoms with E-state index in [1.807, 2.05) is 39.7 Å². The van der Waals surface area contributed by atoms with Crippen LogP contribution in [0.1, 0.15) is 31.2 Å². The Kier molecular flexibility index (Phi) is 5.03. The van der Waals surface area contributed by atoms with Crippen LogP contribution in [0.5, 0.6) is 0 Å². The largest absolute Gasteiger partial charge is 0.398 e. The maximum atomic E-state index is 6.19. The van der Waals surface area contributed by atoms with Crippen LogP contribution in [-0.2, 0) is 6.42 Å². The van der Waals surface area contributed by atoms with Crippen molar-refractivity contribution in [1.82, 2.24) is 19.2 Å². The third kappa shape index (κ3) is 3.93. The number of nitrogens with two attached hydrogens (primary N) is 2. The van der Waals surface area contributed by atoms with E-state index >= 15 is 0 Å². The molecule has 7 heteroatoms. The number of benzene rings is 1. The lowest BCUT2D eigenvalue weighted by Crippen LogP contribution is -2.31. The monoisotopic (exact) mass is 360 g/mol. The van der Waals surface area contributed by atoms with Crippen LogP contribution >= 0.6 is 0 Å². The standard InChI is InChI=1S/C20H25BN6/c21-27-10-8-14(9-11-27)4-3-5-15-12-26-13-18(24-20(26)25-19(15)23)16-6-1-2-7-17(16)22/h1-2,6-7,12-14H,3-5,8-11,22H2,(H2,23,24,25). The van der Waals surface area contributed by atoms with Crippen LogP contribution in [0.3, 0.4) is 0 Å². The van der Waals surface area contributed by atoms with Crippen molar-refractivity contribution in [3.8, 4) is 11.3 Å². The zero-order chi connectivity index (χ0) is 18.8. The Hall–Kier alpha value is -2.54. The summed E-state index contributed by atoms with van der Waals surface area (Å²) in [5.41, 5.74) is 15.8. The molecule has 0 atom stereocenters. The van der Waals surface area contributed by atoms with E-state index in [4.69, 9.17) is 19.4 Å². The zero-order valence-corrected chi connectivity index (χ0v) is 15.5. The number of nitrogen functional groups attached to an aromatic ring is 2. The molecule has 3 aromatic rings. The van der Waals surface area contributed by atoms with Crippen LogP contribution in [0.25, 0.3) is 17.0 Å². The van der Waals surface area contributed by atoms with Crippen molar-refractivity contribution in [2.24, 2.45) is 5.92 Å². The number of rotatable bonds is 5. The number of imidazole rings is 1. The van der Waals surface area contributed by atoms with E-state index < -0.39 is 0 Å². The van der Waals surface area contributed by atoms with Crippen molar-refractivity contribution in [1.29, 1.82) is 0 Å². The second kappa shape index (κ2) is 7.60. The number of piperidine rings is 1. The average Bonchev–Trinajstić information content (AvgIpc) is 3.06. The van der Waals surface area contributed by atoms with Crippen molar-refractivity contribution in [2.75, 3.05) is 24.6 Å². The van der Waals surface area contributed by atoms with Crippen molar-refractivity contribution >= 4 is 25.3 Å². The third-order valence-electron chi connectivity index (χ3n) is 5.50. The summed E-state index contributed by atoms with van der Waals surface area (Å²) < 4.78 is 1.94. The van der Waals surface area contributed by atoms with E-state index in [2.05, 4.69) is 16.2 Å². The number of hydrogen-bond donors (Lipinski definition) is 2. The Labute approximate surface area is 161 Å². The molecule has 0 aliphatic carbocycles.